The van der Waals surface area contributed by atoms with E-state index in [-0.39, 0.29) is 24.2 Å². The summed E-state index contributed by atoms with van der Waals surface area (Å²) in [6.45, 7) is 2.37. The van der Waals surface area contributed by atoms with Gasteiger partial charge >= 0.3 is 0 Å². The molecule has 0 saturated carbocycles. The van der Waals surface area contributed by atoms with Gasteiger partial charge in [0, 0.05) is 37.7 Å². The Labute approximate surface area is 149 Å². The summed E-state index contributed by atoms with van der Waals surface area (Å²) < 4.78 is 0. The Hall–Kier alpha value is -1.59. The standard InChI is InChI=1S/C18H25N3O2.ClH/c22-17(12-15-4-3-10-19-15)20-13-14-6-8-16(9-7-14)21-11-2-1-5-18(21)23;/h6-9,15,19H,1-5,10-13H2,(H,20,22);1H. The number of rotatable bonds is 5. The Morgan fingerprint density at radius 1 is 1.21 bits per heavy atom. The largest absolute Gasteiger partial charge is 0.352 e. The van der Waals surface area contributed by atoms with Crippen molar-refractivity contribution >= 4 is 29.9 Å². The van der Waals surface area contributed by atoms with E-state index in [0.29, 0.717) is 25.4 Å². The first kappa shape index (κ1) is 18.7. The number of amides is 2. The third-order valence-electron chi connectivity index (χ3n) is 4.66. The lowest BCUT2D eigenvalue weighted by Gasteiger charge is -2.26. The van der Waals surface area contributed by atoms with Gasteiger partial charge in [0.15, 0.2) is 0 Å². The number of carbonyl (C=O) groups excluding carboxylic acids is 2. The number of hydrogen-bond acceptors (Lipinski definition) is 3. The van der Waals surface area contributed by atoms with Gasteiger partial charge in [0.05, 0.1) is 0 Å². The quantitative estimate of drug-likeness (QED) is 0.856. The highest BCUT2D eigenvalue weighted by molar-refractivity contribution is 5.93. The van der Waals surface area contributed by atoms with E-state index < -0.39 is 0 Å². The Morgan fingerprint density at radius 3 is 2.67 bits per heavy atom. The summed E-state index contributed by atoms with van der Waals surface area (Å²) in [5, 5.41) is 6.31. The van der Waals surface area contributed by atoms with E-state index >= 15 is 0 Å². The molecule has 0 radical (unpaired) electrons. The fourth-order valence-electron chi connectivity index (χ4n) is 3.30. The summed E-state index contributed by atoms with van der Waals surface area (Å²) in [4.78, 5) is 25.7. The van der Waals surface area contributed by atoms with Crippen molar-refractivity contribution in [2.75, 3.05) is 18.0 Å². The zero-order valence-corrected chi connectivity index (χ0v) is 14.7. The lowest BCUT2D eigenvalue weighted by Crippen LogP contribution is -2.35. The van der Waals surface area contributed by atoms with Crippen molar-refractivity contribution < 1.29 is 9.59 Å². The molecule has 2 aliphatic rings. The maximum atomic E-state index is 11.9. The summed E-state index contributed by atoms with van der Waals surface area (Å²) in [7, 11) is 0. The SMILES string of the molecule is Cl.O=C(CC1CCCN1)NCc1ccc(N2CCCCC2=O)cc1. The van der Waals surface area contributed by atoms with Gasteiger partial charge < -0.3 is 15.5 Å². The molecule has 0 bridgehead atoms. The second-order valence-electron chi connectivity index (χ2n) is 6.44. The van der Waals surface area contributed by atoms with Crippen LogP contribution in [-0.4, -0.2) is 30.9 Å². The number of nitrogens with zero attached hydrogens (tertiary/aromatic N) is 1. The van der Waals surface area contributed by atoms with E-state index in [1.54, 1.807) is 0 Å². The van der Waals surface area contributed by atoms with Crippen molar-refractivity contribution in [2.45, 2.75) is 51.1 Å². The van der Waals surface area contributed by atoms with E-state index in [2.05, 4.69) is 10.6 Å². The van der Waals surface area contributed by atoms with Crippen LogP contribution in [0.1, 0.15) is 44.1 Å². The molecule has 6 heteroatoms. The molecule has 0 aliphatic carbocycles. The molecule has 5 nitrogen and oxygen atoms in total. The van der Waals surface area contributed by atoms with Crippen LogP contribution >= 0.6 is 12.4 Å². The molecule has 0 aromatic heterocycles. The van der Waals surface area contributed by atoms with Gasteiger partial charge in [-0.15, -0.1) is 12.4 Å². The smallest absolute Gasteiger partial charge is 0.226 e. The molecule has 1 unspecified atom stereocenters. The molecule has 1 aromatic carbocycles. The van der Waals surface area contributed by atoms with Crippen molar-refractivity contribution in [3.05, 3.63) is 29.8 Å². The first-order valence-corrected chi connectivity index (χ1v) is 8.62. The summed E-state index contributed by atoms with van der Waals surface area (Å²) in [6.07, 6.45) is 5.52. The Morgan fingerprint density at radius 2 is 2.00 bits per heavy atom. The molecule has 2 saturated heterocycles. The average Bonchev–Trinajstić information content (AvgIpc) is 3.07. The fraction of sp³-hybridized carbons (Fsp3) is 0.556. The van der Waals surface area contributed by atoms with Gasteiger partial charge in [-0.3, -0.25) is 9.59 Å². The van der Waals surface area contributed by atoms with Gasteiger partial charge in [-0.25, -0.2) is 0 Å². The number of hydrogen-bond donors (Lipinski definition) is 2. The molecule has 2 fully saturated rings. The Balaban J connectivity index is 0.00000208. The highest BCUT2D eigenvalue weighted by Gasteiger charge is 2.19. The zero-order chi connectivity index (χ0) is 16.1. The number of anilines is 1. The molecule has 24 heavy (non-hydrogen) atoms. The van der Waals surface area contributed by atoms with E-state index in [9.17, 15) is 9.59 Å². The molecule has 2 heterocycles. The van der Waals surface area contributed by atoms with Gasteiger partial charge in [-0.1, -0.05) is 12.1 Å². The van der Waals surface area contributed by atoms with Crippen LogP contribution in [-0.2, 0) is 16.1 Å². The molecule has 0 spiro atoms. The van der Waals surface area contributed by atoms with Gasteiger partial charge in [-0.2, -0.15) is 0 Å². The molecule has 3 rings (SSSR count). The molecule has 2 N–H and O–H groups in total. The molecule has 2 amide bonds. The Bertz CT molecular complexity index is 556. The summed E-state index contributed by atoms with van der Waals surface area (Å²) in [5.74, 6) is 0.307. The number of nitrogens with one attached hydrogen (secondary N) is 2. The van der Waals surface area contributed by atoms with Crippen molar-refractivity contribution in [3.8, 4) is 0 Å². The number of halogens is 1. The highest BCUT2D eigenvalue weighted by Crippen LogP contribution is 2.21. The van der Waals surface area contributed by atoms with E-state index in [1.807, 2.05) is 29.2 Å². The lowest BCUT2D eigenvalue weighted by molar-refractivity contribution is -0.121. The van der Waals surface area contributed by atoms with Crippen molar-refractivity contribution in [2.24, 2.45) is 0 Å². The van der Waals surface area contributed by atoms with E-state index in [4.69, 9.17) is 0 Å². The summed E-state index contributed by atoms with van der Waals surface area (Å²) >= 11 is 0. The third-order valence-corrected chi connectivity index (χ3v) is 4.66. The maximum Gasteiger partial charge on any atom is 0.226 e. The van der Waals surface area contributed by atoms with Gasteiger partial charge in [-0.05, 0) is 49.9 Å². The summed E-state index contributed by atoms with van der Waals surface area (Å²) in [6, 6.07) is 8.27. The topological polar surface area (TPSA) is 61.4 Å². The van der Waals surface area contributed by atoms with Crippen LogP contribution in [0.4, 0.5) is 5.69 Å². The molecule has 2 aliphatic heterocycles. The molecule has 132 valence electrons. The summed E-state index contributed by atoms with van der Waals surface area (Å²) in [5.41, 5.74) is 2.02. The fourth-order valence-corrected chi connectivity index (χ4v) is 3.30. The number of piperidine rings is 1. The maximum absolute atomic E-state index is 11.9. The minimum Gasteiger partial charge on any atom is -0.352 e. The second-order valence-corrected chi connectivity index (χ2v) is 6.44. The molecular weight excluding hydrogens is 326 g/mol. The predicted molar refractivity (Wildman–Crippen MR) is 97.4 cm³/mol. The van der Waals surface area contributed by atoms with Crippen LogP contribution in [0, 0.1) is 0 Å². The average molecular weight is 352 g/mol. The normalized spacial score (nSPS) is 20.6. The number of carbonyl (C=O) groups is 2. The van der Waals surface area contributed by atoms with Gasteiger partial charge in [0.25, 0.3) is 0 Å². The van der Waals surface area contributed by atoms with E-state index in [0.717, 1.165) is 50.0 Å². The molecule has 1 aromatic rings. The van der Waals surface area contributed by atoms with Crippen molar-refractivity contribution in [1.29, 1.82) is 0 Å². The van der Waals surface area contributed by atoms with Crippen LogP contribution < -0.4 is 15.5 Å². The lowest BCUT2D eigenvalue weighted by atomic mass is 10.1. The first-order chi connectivity index (χ1) is 11.2. The zero-order valence-electron chi connectivity index (χ0n) is 13.9. The molecular formula is C18H26ClN3O2. The predicted octanol–water partition coefficient (Wildman–Crippen LogP) is 2.38. The Kier molecular flexibility index (Phi) is 7.06. The first-order valence-electron chi connectivity index (χ1n) is 8.62. The van der Waals surface area contributed by atoms with Crippen LogP contribution in [0.3, 0.4) is 0 Å². The minimum absolute atomic E-state index is 0. The highest BCUT2D eigenvalue weighted by atomic mass is 35.5. The second kappa shape index (κ2) is 9.04. The van der Waals surface area contributed by atoms with Crippen LogP contribution in [0.15, 0.2) is 24.3 Å². The monoisotopic (exact) mass is 351 g/mol. The number of benzene rings is 1. The molecule has 1 atom stereocenters. The third kappa shape index (κ3) is 4.95. The van der Waals surface area contributed by atoms with Crippen LogP contribution in [0.2, 0.25) is 0 Å². The van der Waals surface area contributed by atoms with Crippen molar-refractivity contribution in [1.82, 2.24) is 10.6 Å². The van der Waals surface area contributed by atoms with Crippen LogP contribution in [0.5, 0.6) is 0 Å². The van der Waals surface area contributed by atoms with E-state index in [1.165, 1.54) is 0 Å². The van der Waals surface area contributed by atoms with Gasteiger partial charge in [0.1, 0.15) is 0 Å². The minimum atomic E-state index is 0. The van der Waals surface area contributed by atoms with Crippen LogP contribution in [0.25, 0.3) is 0 Å². The van der Waals surface area contributed by atoms with Gasteiger partial charge in [0.2, 0.25) is 11.8 Å². The van der Waals surface area contributed by atoms with Crippen molar-refractivity contribution in [3.63, 3.8) is 0 Å².